The number of rotatable bonds is 0. The summed E-state index contributed by atoms with van der Waals surface area (Å²) in [7, 11) is 2.22. The minimum absolute atomic E-state index is 0.237. The molecule has 6 aromatic rings. The predicted octanol–water partition coefficient (Wildman–Crippen LogP) is 6.37. The van der Waals surface area contributed by atoms with Gasteiger partial charge >= 0.3 is 0 Å². The molecule has 0 saturated heterocycles. The van der Waals surface area contributed by atoms with Crippen molar-refractivity contribution in [1.29, 1.82) is 0 Å². The van der Waals surface area contributed by atoms with Crippen molar-refractivity contribution >= 4 is 27.5 Å². The molecule has 4 aromatic carbocycles. The molecule has 0 amide bonds. The van der Waals surface area contributed by atoms with Crippen molar-refractivity contribution in [3.05, 3.63) is 130 Å². The van der Waals surface area contributed by atoms with Crippen LogP contribution in [0.2, 0.25) is 0 Å². The summed E-state index contributed by atoms with van der Waals surface area (Å²) in [5, 5.41) is 2.77. The summed E-state index contributed by atoms with van der Waals surface area (Å²) in [5.74, 6) is 0.498. The molecule has 2 aromatic heterocycles. The highest BCUT2D eigenvalue weighted by molar-refractivity contribution is 6.02. The van der Waals surface area contributed by atoms with Gasteiger partial charge in [-0.1, -0.05) is 78.9 Å². The average Bonchev–Trinajstić information content (AvgIpc) is 3.16. The van der Waals surface area contributed by atoms with E-state index in [1.54, 1.807) is 0 Å². The predicted molar refractivity (Wildman–Crippen MR) is 133 cm³/mol. The molecule has 9 rings (SSSR count). The lowest BCUT2D eigenvalue weighted by Crippen LogP contribution is -2.32. The molecule has 0 atom stereocenters. The quantitative estimate of drug-likeness (QED) is 0.251. The van der Waals surface area contributed by atoms with E-state index >= 15 is 0 Å². The maximum absolute atomic E-state index is 2.59. The molecule has 2 bridgehead atoms. The minimum atomic E-state index is 0.237. The summed E-state index contributed by atoms with van der Waals surface area (Å²) in [6.07, 6.45) is 0. The summed E-state index contributed by atoms with van der Waals surface area (Å²) in [5.41, 5.74) is 14.0. The van der Waals surface area contributed by atoms with Crippen molar-refractivity contribution in [1.82, 2.24) is 4.40 Å². The van der Waals surface area contributed by atoms with Crippen LogP contribution in [-0.4, -0.2) is 4.40 Å². The Hall–Kier alpha value is -3.91. The van der Waals surface area contributed by atoms with E-state index in [0.717, 1.165) is 0 Å². The van der Waals surface area contributed by atoms with Gasteiger partial charge in [0.05, 0.1) is 18.4 Å². The summed E-state index contributed by atoms with van der Waals surface area (Å²) in [4.78, 5) is 0. The number of pyridine rings is 1. The Balaban J connectivity index is 1.71. The SMILES string of the molecule is Cc1cccc2c3c(n4c5ccccc5[n+](C)c4c12)C1c2ccccc2C3c2ccccc21. The van der Waals surface area contributed by atoms with E-state index in [1.165, 1.54) is 66.5 Å². The molecule has 0 unspecified atom stereocenters. The molecule has 33 heavy (non-hydrogen) atoms. The maximum Gasteiger partial charge on any atom is 0.295 e. The highest BCUT2D eigenvalue weighted by atomic mass is 15.1. The molecule has 2 heterocycles. The number of aryl methyl sites for hydroxylation is 2. The number of para-hydroxylation sites is 2. The van der Waals surface area contributed by atoms with E-state index in [2.05, 4.69) is 114 Å². The van der Waals surface area contributed by atoms with Gasteiger partial charge in [-0.2, -0.15) is 4.40 Å². The van der Waals surface area contributed by atoms with Crippen LogP contribution in [-0.2, 0) is 7.05 Å². The van der Waals surface area contributed by atoms with E-state index in [-0.39, 0.29) is 11.8 Å². The fourth-order valence-corrected chi connectivity index (χ4v) is 6.89. The molecule has 0 fully saturated rings. The molecule has 0 aliphatic heterocycles. The van der Waals surface area contributed by atoms with E-state index in [1.807, 2.05) is 0 Å². The summed E-state index contributed by atoms with van der Waals surface area (Å²) >= 11 is 0. The molecule has 0 N–H and O–H groups in total. The highest BCUT2D eigenvalue weighted by Crippen LogP contribution is 2.57. The normalized spacial score (nSPS) is 18.0. The maximum atomic E-state index is 2.59. The van der Waals surface area contributed by atoms with Gasteiger partial charge in [0.25, 0.3) is 5.65 Å². The second-order valence-electron chi connectivity index (χ2n) is 9.63. The minimum Gasteiger partial charge on any atom is -0.225 e. The van der Waals surface area contributed by atoms with E-state index in [0.29, 0.717) is 0 Å². The van der Waals surface area contributed by atoms with Gasteiger partial charge < -0.3 is 0 Å². The number of benzene rings is 4. The van der Waals surface area contributed by atoms with Crippen molar-refractivity contribution < 1.29 is 4.57 Å². The molecular weight excluding hydrogens is 400 g/mol. The van der Waals surface area contributed by atoms with Crippen LogP contribution in [0.4, 0.5) is 0 Å². The fraction of sp³-hybridized carbons (Fsp3) is 0.129. The Morgan fingerprint density at radius 1 is 0.667 bits per heavy atom. The fourth-order valence-electron chi connectivity index (χ4n) is 6.89. The number of imidazole rings is 1. The highest BCUT2D eigenvalue weighted by Gasteiger charge is 2.46. The van der Waals surface area contributed by atoms with Gasteiger partial charge in [-0.15, -0.1) is 0 Å². The number of nitrogens with zero attached hydrogens (tertiary/aromatic N) is 2. The summed E-state index contributed by atoms with van der Waals surface area (Å²) < 4.78 is 4.98. The van der Waals surface area contributed by atoms with Gasteiger partial charge in [0.1, 0.15) is 5.69 Å². The van der Waals surface area contributed by atoms with Crippen molar-refractivity contribution in [3.8, 4) is 0 Å². The first kappa shape index (κ1) is 17.6. The molecule has 156 valence electrons. The van der Waals surface area contributed by atoms with Crippen LogP contribution in [0.3, 0.4) is 0 Å². The number of aromatic nitrogens is 2. The number of hydrogen-bond acceptors (Lipinski definition) is 0. The first-order valence-corrected chi connectivity index (χ1v) is 11.8. The van der Waals surface area contributed by atoms with Gasteiger partial charge in [-0.25, -0.2) is 4.57 Å². The van der Waals surface area contributed by atoms with Crippen molar-refractivity contribution in [3.63, 3.8) is 0 Å². The van der Waals surface area contributed by atoms with Gasteiger partial charge in [-0.3, -0.25) is 0 Å². The van der Waals surface area contributed by atoms with Gasteiger partial charge in [0.15, 0.2) is 11.0 Å². The number of fused-ring (bicyclic) bond motifs is 5. The van der Waals surface area contributed by atoms with E-state index in [9.17, 15) is 0 Å². The zero-order chi connectivity index (χ0) is 21.8. The van der Waals surface area contributed by atoms with Gasteiger partial charge in [-0.05, 0) is 52.3 Å². The number of hydrogen-bond donors (Lipinski definition) is 0. The summed E-state index contributed by atoms with van der Waals surface area (Å²) in [6, 6.07) is 33.9. The van der Waals surface area contributed by atoms with Gasteiger partial charge in [0, 0.05) is 11.5 Å². The first-order valence-electron chi connectivity index (χ1n) is 11.8. The van der Waals surface area contributed by atoms with Crippen LogP contribution >= 0.6 is 0 Å². The Kier molecular flexibility index (Phi) is 3.15. The second kappa shape index (κ2) is 5.90. The topological polar surface area (TPSA) is 8.29 Å². The zero-order valence-corrected chi connectivity index (χ0v) is 18.7. The Morgan fingerprint density at radius 3 is 1.97 bits per heavy atom. The molecule has 0 saturated carbocycles. The third-order valence-electron chi connectivity index (χ3n) is 8.12. The van der Waals surface area contributed by atoms with Crippen molar-refractivity contribution in [2.75, 3.05) is 0 Å². The average molecular weight is 424 g/mol. The van der Waals surface area contributed by atoms with Crippen LogP contribution < -0.4 is 4.57 Å². The molecule has 3 aliphatic carbocycles. The van der Waals surface area contributed by atoms with E-state index < -0.39 is 0 Å². The Bertz CT molecular complexity index is 1760. The summed E-state index contributed by atoms with van der Waals surface area (Å²) in [6.45, 7) is 2.26. The Morgan fingerprint density at radius 2 is 1.27 bits per heavy atom. The zero-order valence-electron chi connectivity index (χ0n) is 18.7. The van der Waals surface area contributed by atoms with Crippen LogP contribution in [0.15, 0.2) is 91.0 Å². The standard InChI is InChI=1S/C31H23N2/c1-18-10-9-15-23-26(18)31-32(2)24-16-7-8-17-25(24)33(31)30-28-21-13-5-3-11-19(21)27(29(23)30)20-12-4-6-14-22(20)28/h3-17,27-28H,1-2H3/q+1. The molecule has 0 radical (unpaired) electrons. The smallest absolute Gasteiger partial charge is 0.225 e. The largest absolute Gasteiger partial charge is 0.295 e. The first-order chi connectivity index (χ1) is 16.3. The molecular formula is C31H23N2+. The molecule has 2 heteroatoms. The lowest BCUT2D eigenvalue weighted by molar-refractivity contribution is -0.617. The molecule has 0 spiro atoms. The molecule has 3 aliphatic rings. The molecule has 2 nitrogen and oxygen atoms in total. The van der Waals surface area contributed by atoms with Crippen LogP contribution in [0.25, 0.3) is 27.5 Å². The Labute approximate surface area is 192 Å². The van der Waals surface area contributed by atoms with Crippen LogP contribution in [0.1, 0.15) is 50.9 Å². The monoisotopic (exact) mass is 423 g/mol. The van der Waals surface area contributed by atoms with Gasteiger partial charge in [0.2, 0.25) is 0 Å². The van der Waals surface area contributed by atoms with E-state index in [4.69, 9.17) is 0 Å². The second-order valence-corrected chi connectivity index (χ2v) is 9.63. The van der Waals surface area contributed by atoms with Crippen molar-refractivity contribution in [2.24, 2.45) is 7.05 Å². The third-order valence-corrected chi connectivity index (χ3v) is 8.12. The lowest BCUT2D eigenvalue weighted by atomic mass is 9.62. The third kappa shape index (κ3) is 1.95. The van der Waals surface area contributed by atoms with Crippen LogP contribution in [0.5, 0.6) is 0 Å². The van der Waals surface area contributed by atoms with Crippen LogP contribution in [0, 0.1) is 6.92 Å². The van der Waals surface area contributed by atoms with Crippen molar-refractivity contribution in [2.45, 2.75) is 18.8 Å². The lowest BCUT2D eigenvalue weighted by Gasteiger charge is -2.41.